The van der Waals surface area contributed by atoms with E-state index in [4.69, 9.17) is 15.0 Å². The van der Waals surface area contributed by atoms with Crippen molar-refractivity contribution in [3.05, 3.63) is 199 Å². The predicted octanol–water partition coefficient (Wildman–Crippen LogP) is 14.8. The highest BCUT2D eigenvalue weighted by Crippen LogP contribution is 2.69. The summed E-state index contributed by atoms with van der Waals surface area (Å²) in [6, 6.07) is 68.9. The molecule has 5 aliphatic rings. The summed E-state index contributed by atoms with van der Waals surface area (Å²) < 4.78 is 4.74. The number of nitrogens with zero attached hydrogens (tertiary/aromatic N) is 5. The fourth-order valence-electron chi connectivity index (χ4n) is 14.0. The monoisotopic (exact) mass is 847 g/mol. The number of rotatable bonds is 5. The lowest BCUT2D eigenvalue weighted by atomic mass is 9.43. The normalized spacial score (nSPS) is 21.4. The second-order valence-electron chi connectivity index (χ2n) is 19.6. The highest BCUT2D eigenvalue weighted by atomic mass is 15.2. The number of benzene rings is 8. The van der Waals surface area contributed by atoms with Crippen molar-refractivity contribution in [2.45, 2.75) is 37.5 Å². The van der Waals surface area contributed by atoms with Crippen molar-refractivity contribution in [2.24, 2.45) is 23.7 Å². The number of para-hydroxylation sites is 2. The van der Waals surface area contributed by atoms with Crippen LogP contribution in [0.2, 0.25) is 0 Å². The molecule has 0 aliphatic heterocycles. The summed E-state index contributed by atoms with van der Waals surface area (Å²) >= 11 is 0. The van der Waals surface area contributed by atoms with Crippen molar-refractivity contribution in [3.63, 3.8) is 0 Å². The lowest BCUT2D eigenvalue weighted by molar-refractivity contribution is -0.0399. The van der Waals surface area contributed by atoms with Crippen LogP contribution in [0.15, 0.2) is 188 Å². The van der Waals surface area contributed by atoms with Crippen molar-refractivity contribution in [2.75, 3.05) is 0 Å². The molecule has 5 aliphatic carbocycles. The molecular formula is C61H45N5. The van der Waals surface area contributed by atoms with Gasteiger partial charge in [0.25, 0.3) is 0 Å². The van der Waals surface area contributed by atoms with E-state index < -0.39 is 0 Å². The van der Waals surface area contributed by atoms with Crippen LogP contribution in [-0.2, 0) is 5.41 Å². The average molecular weight is 848 g/mol. The van der Waals surface area contributed by atoms with E-state index in [-0.39, 0.29) is 5.41 Å². The Morgan fingerprint density at radius 3 is 1.48 bits per heavy atom. The molecule has 5 heteroatoms. The Balaban J connectivity index is 0.877. The molecule has 0 amide bonds. The maximum absolute atomic E-state index is 5.15. The summed E-state index contributed by atoms with van der Waals surface area (Å²) in [5.74, 6) is 5.18. The Bertz CT molecular complexity index is 3700. The van der Waals surface area contributed by atoms with Gasteiger partial charge in [-0.3, -0.25) is 4.57 Å². The summed E-state index contributed by atoms with van der Waals surface area (Å²) in [5, 5.41) is 4.86. The molecule has 4 saturated carbocycles. The smallest absolute Gasteiger partial charge is 0.238 e. The molecule has 5 nitrogen and oxygen atoms in total. The zero-order valence-corrected chi connectivity index (χ0v) is 36.5. The molecule has 1 spiro atoms. The zero-order chi connectivity index (χ0) is 43.1. The quantitative estimate of drug-likeness (QED) is 0.173. The summed E-state index contributed by atoms with van der Waals surface area (Å²) in [6.07, 6.45) is 7.01. The van der Waals surface area contributed by atoms with E-state index in [1.807, 2.05) is 36.4 Å². The average Bonchev–Trinajstić information content (AvgIpc) is 3.99. The van der Waals surface area contributed by atoms with Gasteiger partial charge >= 0.3 is 0 Å². The van der Waals surface area contributed by atoms with E-state index in [2.05, 4.69) is 161 Å². The van der Waals surface area contributed by atoms with Gasteiger partial charge in [-0.05, 0) is 138 Å². The number of fused-ring (bicyclic) bond motifs is 9. The second-order valence-corrected chi connectivity index (χ2v) is 19.6. The van der Waals surface area contributed by atoms with Crippen molar-refractivity contribution < 1.29 is 0 Å². The Morgan fingerprint density at radius 2 is 0.864 bits per heavy atom. The maximum atomic E-state index is 5.15. The van der Waals surface area contributed by atoms with E-state index in [1.165, 1.54) is 81.9 Å². The summed E-state index contributed by atoms with van der Waals surface area (Å²) in [4.78, 5) is 15.3. The van der Waals surface area contributed by atoms with Gasteiger partial charge in [-0.15, -0.1) is 0 Å². The third-order valence-electron chi connectivity index (χ3n) is 16.4. The largest absolute Gasteiger partial charge is 0.309 e. The molecule has 66 heavy (non-hydrogen) atoms. The van der Waals surface area contributed by atoms with E-state index >= 15 is 0 Å². The van der Waals surface area contributed by atoms with E-state index in [1.54, 1.807) is 11.1 Å². The molecular weight excluding hydrogens is 803 g/mol. The minimum Gasteiger partial charge on any atom is -0.309 e. The second kappa shape index (κ2) is 13.7. The molecule has 4 bridgehead atoms. The predicted molar refractivity (Wildman–Crippen MR) is 268 cm³/mol. The number of hydrogen-bond donors (Lipinski definition) is 0. The van der Waals surface area contributed by atoms with Gasteiger partial charge in [-0.2, -0.15) is 9.97 Å². The fraction of sp³-hybridized carbons (Fsp3) is 0.164. The first-order valence-electron chi connectivity index (χ1n) is 23.9. The van der Waals surface area contributed by atoms with Gasteiger partial charge in [0.15, 0.2) is 11.6 Å². The topological polar surface area (TPSA) is 48.5 Å². The van der Waals surface area contributed by atoms with Crippen LogP contribution >= 0.6 is 0 Å². The lowest BCUT2D eigenvalue weighted by Gasteiger charge is -2.61. The summed E-state index contributed by atoms with van der Waals surface area (Å²) in [5.41, 5.74) is 16.4. The summed E-state index contributed by atoms with van der Waals surface area (Å²) in [6.45, 7) is 0. The maximum Gasteiger partial charge on any atom is 0.238 e. The molecule has 11 aromatic rings. The van der Waals surface area contributed by atoms with Crippen LogP contribution in [-0.4, -0.2) is 24.1 Å². The highest BCUT2D eigenvalue weighted by Gasteiger charge is 2.61. The van der Waals surface area contributed by atoms with Crippen molar-refractivity contribution >= 4 is 43.6 Å². The first-order chi connectivity index (χ1) is 32.7. The molecule has 0 atom stereocenters. The van der Waals surface area contributed by atoms with Crippen LogP contribution in [0.25, 0.3) is 100 Å². The zero-order valence-electron chi connectivity index (χ0n) is 36.5. The van der Waals surface area contributed by atoms with E-state index in [0.717, 1.165) is 56.6 Å². The van der Waals surface area contributed by atoms with Gasteiger partial charge in [0.1, 0.15) is 0 Å². The standard InChI is InChI=1S/C61H45N5/c1-3-13-39(14-4-1)58-62-59(40-15-5-2-6-16-40)64-60(63-58)66-55-22-12-9-19-49(55)51-35-42(24-28-57(51)66)41-23-27-56-50(34-41)48-18-8-11-21-54(48)65(56)45-25-26-47-46-17-7-10-20-52(46)61(53(47)36-45)43-30-37-29-38(32-43)33-44(61)31-37/h1-28,34-38,43-44H,29-33H2. The molecule has 0 unspecified atom stereocenters. The molecule has 3 heterocycles. The van der Waals surface area contributed by atoms with Crippen LogP contribution in [0, 0.1) is 23.7 Å². The SMILES string of the molecule is c1ccc(-c2nc(-c3ccccc3)nc(-n3c4ccccc4c4cc(-c5ccc6c(c5)c5ccccc5n6-c5ccc6c(c5)C5(c7ccccc7-6)C6CC7CC(C6)CC5C7)ccc43)n2)cc1. The van der Waals surface area contributed by atoms with Gasteiger partial charge in [-0.25, -0.2) is 4.98 Å². The first-order valence-corrected chi connectivity index (χ1v) is 23.9. The minimum absolute atomic E-state index is 0.126. The van der Waals surface area contributed by atoms with Gasteiger partial charge < -0.3 is 4.57 Å². The van der Waals surface area contributed by atoms with Crippen LogP contribution in [0.1, 0.15) is 43.2 Å². The van der Waals surface area contributed by atoms with Gasteiger partial charge in [0, 0.05) is 43.8 Å². The van der Waals surface area contributed by atoms with Crippen molar-refractivity contribution in [3.8, 4) is 56.7 Å². The van der Waals surface area contributed by atoms with Crippen LogP contribution in [0.4, 0.5) is 0 Å². The molecule has 0 N–H and O–H groups in total. The molecule has 16 rings (SSSR count). The van der Waals surface area contributed by atoms with E-state index in [0.29, 0.717) is 17.6 Å². The van der Waals surface area contributed by atoms with Crippen LogP contribution < -0.4 is 0 Å². The Morgan fingerprint density at radius 1 is 0.364 bits per heavy atom. The molecule has 3 aromatic heterocycles. The molecule has 4 fully saturated rings. The van der Waals surface area contributed by atoms with Gasteiger partial charge in [0.05, 0.1) is 22.1 Å². The number of hydrogen-bond acceptors (Lipinski definition) is 3. The molecule has 314 valence electrons. The van der Waals surface area contributed by atoms with Gasteiger partial charge in [0.2, 0.25) is 5.95 Å². The number of aromatic nitrogens is 5. The van der Waals surface area contributed by atoms with Gasteiger partial charge in [-0.1, -0.05) is 140 Å². The lowest BCUT2D eigenvalue weighted by Crippen LogP contribution is -2.55. The Labute approximate surface area is 383 Å². The Kier molecular flexibility index (Phi) is 7.61. The Hall–Kier alpha value is -7.63. The fourth-order valence-corrected chi connectivity index (χ4v) is 14.0. The third-order valence-corrected chi connectivity index (χ3v) is 16.4. The minimum atomic E-state index is 0.126. The molecule has 0 radical (unpaired) electrons. The summed E-state index contributed by atoms with van der Waals surface area (Å²) in [7, 11) is 0. The van der Waals surface area contributed by atoms with Crippen molar-refractivity contribution in [1.82, 2.24) is 24.1 Å². The highest BCUT2D eigenvalue weighted by molar-refractivity contribution is 6.12. The van der Waals surface area contributed by atoms with Crippen LogP contribution in [0.5, 0.6) is 0 Å². The van der Waals surface area contributed by atoms with E-state index in [9.17, 15) is 0 Å². The first kappa shape index (κ1) is 36.7. The van der Waals surface area contributed by atoms with Crippen LogP contribution in [0.3, 0.4) is 0 Å². The molecule has 0 saturated heterocycles. The molecule has 8 aromatic carbocycles. The van der Waals surface area contributed by atoms with Crippen molar-refractivity contribution in [1.29, 1.82) is 0 Å². The third kappa shape index (κ3) is 5.08.